The van der Waals surface area contributed by atoms with E-state index >= 15 is 0 Å². The molecule has 0 amide bonds. The van der Waals surface area contributed by atoms with Crippen LogP contribution in [0.3, 0.4) is 0 Å². The molecule has 0 radical (unpaired) electrons. The second-order valence-corrected chi connectivity index (χ2v) is 3.08. The van der Waals surface area contributed by atoms with Crippen LogP contribution in [0.25, 0.3) is 0 Å². The third-order valence-corrected chi connectivity index (χ3v) is 1.84. The van der Waals surface area contributed by atoms with Crippen LogP contribution >= 0.6 is 0 Å². The summed E-state index contributed by atoms with van der Waals surface area (Å²) >= 11 is 0. The third kappa shape index (κ3) is 3.05. The molecule has 1 heterocycles. The Bertz CT molecular complexity index is 433. The van der Waals surface area contributed by atoms with Gasteiger partial charge in [-0.15, -0.1) is 0 Å². The molecule has 8 heteroatoms. The van der Waals surface area contributed by atoms with Gasteiger partial charge in [0.05, 0.1) is 0 Å². The highest BCUT2D eigenvalue weighted by molar-refractivity contribution is 5.88. The zero-order chi connectivity index (χ0) is 13.2. The Morgan fingerprint density at radius 2 is 2.12 bits per heavy atom. The van der Waals surface area contributed by atoms with Crippen molar-refractivity contribution in [2.45, 2.75) is 19.2 Å². The molecule has 0 aromatic carbocycles. The van der Waals surface area contributed by atoms with Gasteiger partial charge >= 0.3 is 12.1 Å². The highest BCUT2D eigenvalue weighted by Gasteiger charge is 2.39. The number of alkyl halides is 3. The van der Waals surface area contributed by atoms with Gasteiger partial charge in [-0.2, -0.15) is 13.2 Å². The summed E-state index contributed by atoms with van der Waals surface area (Å²) < 4.78 is 54.0. The molecule has 0 saturated carbocycles. The van der Waals surface area contributed by atoms with Crippen molar-refractivity contribution in [2.75, 3.05) is 0 Å². The molecule has 17 heavy (non-hydrogen) atoms. The van der Waals surface area contributed by atoms with Crippen molar-refractivity contribution in [3.63, 3.8) is 0 Å². The lowest BCUT2D eigenvalue weighted by atomic mass is 10.2. The van der Waals surface area contributed by atoms with Gasteiger partial charge in [0.25, 0.3) is 5.88 Å². The molecule has 1 aromatic rings. The molecule has 1 N–H and O–H groups in total. The molecule has 1 atom stereocenters. The fourth-order valence-electron chi connectivity index (χ4n) is 0.906. The minimum Gasteiger partial charge on any atom is -0.478 e. The number of carboxylic acid groups (broad SMARTS) is 1. The van der Waals surface area contributed by atoms with Crippen molar-refractivity contribution < 1.29 is 32.2 Å². The van der Waals surface area contributed by atoms with Crippen molar-refractivity contribution >= 4 is 5.97 Å². The summed E-state index contributed by atoms with van der Waals surface area (Å²) in [4.78, 5) is 13.7. The summed E-state index contributed by atoms with van der Waals surface area (Å²) in [7, 11) is 0. The second kappa shape index (κ2) is 4.56. The van der Waals surface area contributed by atoms with E-state index in [1.807, 2.05) is 0 Å². The lowest BCUT2D eigenvalue weighted by molar-refractivity contribution is -0.190. The predicted molar refractivity (Wildman–Crippen MR) is 47.3 cm³/mol. The summed E-state index contributed by atoms with van der Waals surface area (Å²) in [5, 5.41) is 8.54. The summed E-state index contributed by atoms with van der Waals surface area (Å²) in [6.45, 7) is 0.661. The largest absolute Gasteiger partial charge is 0.478 e. The quantitative estimate of drug-likeness (QED) is 0.839. The van der Waals surface area contributed by atoms with E-state index in [1.54, 1.807) is 0 Å². The SMILES string of the molecule is CC(Oc1nccc(C(=O)O)c1F)C(F)(F)F. The molecule has 0 aliphatic rings. The van der Waals surface area contributed by atoms with Gasteiger partial charge in [-0.3, -0.25) is 0 Å². The molecule has 0 aliphatic heterocycles. The molecule has 1 unspecified atom stereocenters. The van der Waals surface area contributed by atoms with Crippen LogP contribution in [0.1, 0.15) is 17.3 Å². The van der Waals surface area contributed by atoms with E-state index in [1.165, 1.54) is 0 Å². The maximum Gasteiger partial charge on any atom is 0.425 e. The van der Waals surface area contributed by atoms with E-state index in [9.17, 15) is 22.4 Å². The van der Waals surface area contributed by atoms with Crippen molar-refractivity contribution in [1.29, 1.82) is 0 Å². The summed E-state index contributed by atoms with van der Waals surface area (Å²) in [6, 6.07) is 0.822. The van der Waals surface area contributed by atoms with E-state index in [0.29, 0.717) is 6.92 Å². The van der Waals surface area contributed by atoms with Crippen LogP contribution in [-0.4, -0.2) is 28.3 Å². The van der Waals surface area contributed by atoms with Crippen molar-refractivity contribution in [3.8, 4) is 5.88 Å². The molecule has 0 aliphatic carbocycles. The van der Waals surface area contributed by atoms with Crippen molar-refractivity contribution in [1.82, 2.24) is 4.98 Å². The summed E-state index contributed by atoms with van der Waals surface area (Å²) in [5.41, 5.74) is -0.802. The van der Waals surface area contributed by atoms with Crippen LogP contribution in [-0.2, 0) is 0 Å². The standard InChI is InChI=1S/C9H7F4NO3/c1-4(9(11,12)13)17-7-6(10)5(8(15)16)2-3-14-7/h2-4H,1H3,(H,15,16). The number of hydrogen-bond acceptors (Lipinski definition) is 3. The van der Waals surface area contributed by atoms with E-state index in [0.717, 1.165) is 12.3 Å². The number of aromatic carboxylic acids is 1. The van der Waals surface area contributed by atoms with Gasteiger partial charge in [-0.1, -0.05) is 0 Å². The molecule has 94 valence electrons. The van der Waals surface area contributed by atoms with Crippen LogP contribution < -0.4 is 4.74 Å². The summed E-state index contributed by atoms with van der Waals surface area (Å²) in [6.07, 6.45) is -6.12. The zero-order valence-electron chi connectivity index (χ0n) is 8.45. The Labute approximate surface area is 92.8 Å². The Morgan fingerprint density at radius 3 is 2.59 bits per heavy atom. The lowest BCUT2D eigenvalue weighted by Gasteiger charge is -2.17. The normalized spacial score (nSPS) is 13.2. The molecule has 0 bridgehead atoms. The molecule has 1 aromatic heterocycles. The van der Waals surface area contributed by atoms with Crippen LogP contribution in [0.15, 0.2) is 12.3 Å². The lowest BCUT2D eigenvalue weighted by Crippen LogP contribution is -2.31. The first-order valence-corrected chi connectivity index (χ1v) is 4.34. The van der Waals surface area contributed by atoms with Gasteiger partial charge in [-0.05, 0) is 13.0 Å². The Balaban J connectivity index is 3.01. The summed E-state index contributed by atoms with van der Waals surface area (Å²) in [5.74, 6) is -4.04. The average Bonchev–Trinajstić information content (AvgIpc) is 2.19. The minimum atomic E-state index is -4.69. The van der Waals surface area contributed by atoms with Gasteiger partial charge in [0.2, 0.25) is 0 Å². The Hall–Kier alpha value is -1.86. The van der Waals surface area contributed by atoms with E-state index < -0.39 is 35.5 Å². The van der Waals surface area contributed by atoms with E-state index in [2.05, 4.69) is 9.72 Å². The van der Waals surface area contributed by atoms with Crippen molar-refractivity contribution in [3.05, 3.63) is 23.6 Å². The van der Waals surface area contributed by atoms with Gasteiger partial charge in [-0.25, -0.2) is 14.2 Å². The fraction of sp³-hybridized carbons (Fsp3) is 0.333. The molecule has 4 nitrogen and oxygen atoms in total. The third-order valence-electron chi connectivity index (χ3n) is 1.84. The Kier molecular flexibility index (Phi) is 3.54. The number of carbonyl (C=O) groups is 1. The topological polar surface area (TPSA) is 59.4 Å². The van der Waals surface area contributed by atoms with Gasteiger partial charge in [0, 0.05) is 6.20 Å². The molecular weight excluding hydrogens is 246 g/mol. The highest BCUT2D eigenvalue weighted by Crippen LogP contribution is 2.26. The smallest absolute Gasteiger partial charge is 0.425 e. The highest BCUT2D eigenvalue weighted by atomic mass is 19.4. The van der Waals surface area contributed by atoms with Crippen LogP contribution in [0.5, 0.6) is 5.88 Å². The van der Waals surface area contributed by atoms with Gasteiger partial charge < -0.3 is 9.84 Å². The maximum atomic E-state index is 13.3. The van der Waals surface area contributed by atoms with Crippen molar-refractivity contribution in [2.24, 2.45) is 0 Å². The average molecular weight is 253 g/mol. The number of ether oxygens (including phenoxy) is 1. The number of nitrogens with zero attached hydrogens (tertiary/aromatic N) is 1. The fourth-order valence-corrected chi connectivity index (χ4v) is 0.906. The van der Waals surface area contributed by atoms with Crippen LogP contribution in [0.4, 0.5) is 17.6 Å². The first kappa shape index (κ1) is 13.2. The van der Waals surface area contributed by atoms with E-state index in [-0.39, 0.29) is 0 Å². The first-order chi connectivity index (χ1) is 7.73. The molecule has 0 saturated heterocycles. The van der Waals surface area contributed by atoms with Crippen LogP contribution in [0.2, 0.25) is 0 Å². The second-order valence-electron chi connectivity index (χ2n) is 3.08. The number of aromatic nitrogens is 1. The number of carboxylic acids is 1. The first-order valence-electron chi connectivity index (χ1n) is 4.34. The minimum absolute atomic E-state index is 0.661. The molecule has 0 fully saturated rings. The predicted octanol–water partition coefficient (Wildman–Crippen LogP) is 2.25. The van der Waals surface area contributed by atoms with E-state index in [4.69, 9.17) is 5.11 Å². The van der Waals surface area contributed by atoms with Gasteiger partial charge in [0.15, 0.2) is 11.9 Å². The maximum absolute atomic E-state index is 13.3. The molecule has 0 spiro atoms. The monoisotopic (exact) mass is 253 g/mol. The number of halogens is 4. The van der Waals surface area contributed by atoms with Gasteiger partial charge in [0.1, 0.15) is 5.56 Å². The molecular formula is C9H7F4NO3. The van der Waals surface area contributed by atoms with Crippen LogP contribution in [0, 0.1) is 5.82 Å². The Morgan fingerprint density at radius 1 is 1.53 bits per heavy atom. The number of rotatable bonds is 3. The zero-order valence-corrected chi connectivity index (χ0v) is 8.45. The molecule has 1 rings (SSSR count). The number of hydrogen-bond donors (Lipinski definition) is 1. The number of pyridine rings is 1.